The first-order valence-corrected chi connectivity index (χ1v) is 23.3. The van der Waals surface area contributed by atoms with Crippen LogP contribution in [0.25, 0.3) is 90.9 Å². The zero-order chi connectivity index (χ0) is 46.8. The van der Waals surface area contributed by atoms with Crippen molar-refractivity contribution in [1.82, 2.24) is 19.9 Å². The summed E-state index contributed by atoms with van der Waals surface area (Å²) >= 11 is 0. The van der Waals surface area contributed by atoms with Crippen molar-refractivity contribution >= 4 is 79.4 Å². The zero-order valence-electron chi connectivity index (χ0n) is 35.7. The van der Waals surface area contributed by atoms with Crippen LogP contribution in [0.2, 0.25) is 0 Å². The third-order valence-electron chi connectivity index (χ3n) is 10.9. The number of phenols is 3. The van der Waals surface area contributed by atoms with Gasteiger partial charge in [0.2, 0.25) is 5.78 Å². The van der Waals surface area contributed by atoms with Crippen LogP contribution in [0, 0.1) is 35.6 Å². The van der Waals surface area contributed by atoms with Crippen molar-refractivity contribution in [3.05, 3.63) is 143 Å². The van der Waals surface area contributed by atoms with Crippen LogP contribution < -0.4 is 15.3 Å². The smallest absolute Gasteiger partial charge is 0.657 e. The molecule has 9 nitrogen and oxygen atoms in total. The Bertz CT molecular complexity index is 3350. The Morgan fingerprint density at radius 3 is 1.38 bits per heavy atom. The minimum absolute atomic E-state index is 0. The average Bonchev–Trinajstić information content (AvgIpc) is 4.17. The monoisotopic (exact) mass is 997 g/mol. The maximum absolute atomic E-state index is 16.7. The number of Topliss-reactive ketones (excluding diaryl/α,β-unsaturated/α-hetero) is 1. The summed E-state index contributed by atoms with van der Waals surface area (Å²) in [5, 5.41) is 34.4. The minimum atomic E-state index is -1.69. The van der Waals surface area contributed by atoms with E-state index in [9.17, 15) is 20.1 Å². The molecule has 0 fully saturated rings. The third kappa shape index (κ3) is 9.55. The number of aromatic hydroxyl groups is 3. The zero-order valence-corrected chi connectivity index (χ0v) is 40.3. The Hall–Kier alpha value is -7.05. The molecule has 68 heavy (non-hydrogen) atoms. The minimum Gasteiger partial charge on any atom is -0.657 e. The molecule has 4 N–H and O–H groups in total. The molecule has 2 aliphatic rings. The van der Waals surface area contributed by atoms with E-state index in [4.69, 9.17) is 26.4 Å². The second kappa shape index (κ2) is 20.4. The van der Waals surface area contributed by atoms with Crippen LogP contribution in [-0.2, 0) is 24.3 Å². The molecule has 0 saturated heterocycles. The maximum atomic E-state index is 16.7. The van der Waals surface area contributed by atoms with Crippen LogP contribution in [0.4, 0.5) is 23.2 Å². The number of nitrogens with zero attached hydrogens (tertiary/aromatic N) is 4. The van der Waals surface area contributed by atoms with Crippen molar-refractivity contribution in [2.24, 2.45) is 0 Å². The number of rotatable bonds is 13. The van der Waals surface area contributed by atoms with Gasteiger partial charge in [0.05, 0.1) is 28.3 Å². The molecule has 0 aliphatic carbocycles. The van der Waals surface area contributed by atoms with E-state index in [0.717, 1.165) is 0 Å². The number of ketones is 1. The van der Waals surface area contributed by atoms with Gasteiger partial charge in [-0.15, -0.1) is 28.5 Å². The summed E-state index contributed by atoms with van der Waals surface area (Å²) < 4.78 is 65.9. The topological polar surface area (TPSA) is 144 Å². The van der Waals surface area contributed by atoms with Crippen molar-refractivity contribution < 1.29 is 57.2 Å². The van der Waals surface area contributed by atoms with Crippen LogP contribution in [0.5, 0.6) is 17.2 Å². The molecule has 2 aliphatic heterocycles. The van der Waals surface area contributed by atoms with Gasteiger partial charge < -0.3 is 30.6 Å². The van der Waals surface area contributed by atoms with Gasteiger partial charge in [0, 0.05) is 24.5 Å². The quantitative estimate of drug-likeness (QED) is 0.0167. The number of nitrogens with one attached hydrogen (secondary N) is 1. The van der Waals surface area contributed by atoms with E-state index in [2.05, 4.69) is 11.2 Å². The Morgan fingerprint density at radius 2 is 0.971 bits per heavy atom. The normalized spacial score (nSPS) is 11.6. The fourth-order valence-corrected chi connectivity index (χ4v) is 9.91. The molecule has 0 amide bonds. The second-order valence-electron chi connectivity index (χ2n) is 15.3. The summed E-state index contributed by atoms with van der Waals surface area (Å²) in [6.07, 6.45) is 12.4. The third-order valence-corrected chi connectivity index (χ3v) is 13.4. The number of aromatic nitrogens is 4. The summed E-state index contributed by atoms with van der Waals surface area (Å²) in [6, 6.07) is 25.9. The van der Waals surface area contributed by atoms with Gasteiger partial charge in [-0.3, -0.25) is 4.79 Å². The fourth-order valence-electron chi connectivity index (χ4n) is 7.92. The molecular weight excluding hydrogens is 964 g/mol. The van der Waals surface area contributed by atoms with Crippen LogP contribution in [0.3, 0.4) is 0 Å². The number of benzene rings is 4. The molecular formula is C52H35F4N5O4S2Zn. The van der Waals surface area contributed by atoms with Crippen molar-refractivity contribution in [3.8, 4) is 74.1 Å². The maximum Gasteiger partial charge on any atom is 2.00 e. The number of halogens is 4. The molecule has 0 saturated carbocycles. The first-order valence-electron chi connectivity index (χ1n) is 20.8. The molecule has 5 heterocycles. The average molecular weight is 999 g/mol. The van der Waals surface area contributed by atoms with E-state index in [1.807, 2.05) is 6.07 Å². The van der Waals surface area contributed by atoms with Gasteiger partial charge in [-0.2, -0.15) is 0 Å². The molecule has 7 aromatic rings. The van der Waals surface area contributed by atoms with E-state index in [1.54, 1.807) is 78.9 Å². The number of carbonyl (C=O) groups is 1. The first-order chi connectivity index (χ1) is 32.5. The van der Waals surface area contributed by atoms with E-state index in [-0.39, 0.29) is 83.5 Å². The predicted molar refractivity (Wildman–Crippen MR) is 260 cm³/mol. The SMILES string of the molecule is C#CC(=O)CCCSSCCNc1c(F)c(F)c(-c2c3nc(c(-c4cccc(O)c4)c4ccc([n-]4)c(-c4cccc(O)c4)c4nc(c(-c5cccc(O)c5)c5ccc2[n-]5)C=C4)C=C3)c(F)c1F.[Zn+2]. The van der Waals surface area contributed by atoms with Crippen LogP contribution >= 0.6 is 21.6 Å². The summed E-state index contributed by atoms with van der Waals surface area (Å²) in [4.78, 5) is 31.2. The molecule has 4 aromatic carbocycles. The number of fused-ring (bicyclic) bond motifs is 8. The molecule has 16 heteroatoms. The summed E-state index contributed by atoms with van der Waals surface area (Å²) in [6.45, 7) is -0.0472. The largest absolute Gasteiger partial charge is 2.00 e. The van der Waals surface area contributed by atoms with Crippen molar-refractivity contribution in [2.75, 3.05) is 23.4 Å². The van der Waals surface area contributed by atoms with Gasteiger partial charge in [-0.1, -0.05) is 82.3 Å². The number of hydrogen-bond donors (Lipinski definition) is 4. The van der Waals surface area contributed by atoms with E-state index < -0.39 is 34.5 Å². The number of carbonyl (C=O) groups excluding carboxylic acids is 1. The van der Waals surface area contributed by atoms with Gasteiger partial charge >= 0.3 is 19.5 Å². The standard InChI is InChI=1S/C52H35F4N5O4S2.Zn/c1-2-31(62)13-6-23-66-67-24-22-57-52-50(55)48(53)47(49(54)51(52)56)46-41-20-18-39(60-41)44(29-8-4-11-33(64)26-29)37-16-14-35(58-37)43(28-7-3-10-32(63)25-28)36-15-17-38(59-36)45(40-19-21-42(46)61-40)30-9-5-12-34(65)27-30;/h1,3-5,7-12,14-21,25-27H,6,13,22-24H2,(H4-2,57,58,59,60,61,63,64,65);/q-2;+2. The van der Waals surface area contributed by atoms with Gasteiger partial charge in [0.25, 0.3) is 0 Å². The Labute approximate surface area is 407 Å². The first kappa shape index (κ1) is 47.4. The molecule has 3 aromatic heterocycles. The molecule has 0 spiro atoms. The van der Waals surface area contributed by atoms with Crippen LogP contribution in [0.1, 0.15) is 35.6 Å². The van der Waals surface area contributed by atoms with Crippen molar-refractivity contribution in [3.63, 3.8) is 0 Å². The number of terminal acetylenes is 1. The number of hydrogen-bond acceptors (Lipinski definition) is 9. The molecule has 8 bridgehead atoms. The fraction of sp³-hybridized carbons (Fsp3) is 0.0962. The summed E-state index contributed by atoms with van der Waals surface area (Å²) in [5.41, 5.74) is 2.47. The van der Waals surface area contributed by atoms with Crippen molar-refractivity contribution in [2.45, 2.75) is 12.8 Å². The van der Waals surface area contributed by atoms with E-state index >= 15 is 17.6 Å². The Balaban J connectivity index is 0.00000625. The van der Waals surface area contributed by atoms with E-state index in [1.165, 1.54) is 58.0 Å². The number of phenolic OH excluding ortho intramolecular Hbond substituents is 3. The summed E-state index contributed by atoms with van der Waals surface area (Å²) in [7, 11) is 2.77. The van der Waals surface area contributed by atoms with Gasteiger partial charge in [-0.25, -0.2) is 27.5 Å². The van der Waals surface area contributed by atoms with Gasteiger partial charge in [0.15, 0.2) is 23.3 Å². The summed E-state index contributed by atoms with van der Waals surface area (Å²) in [5.74, 6) is -4.14. The van der Waals surface area contributed by atoms with E-state index in [0.29, 0.717) is 73.7 Å². The molecule has 0 unspecified atom stereocenters. The van der Waals surface area contributed by atoms with Crippen LogP contribution in [0.15, 0.2) is 97.1 Å². The molecule has 9 rings (SSSR count). The van der Waals surface area contributed by atoms with Gasteiger partial charge in [-0.05, 0) is 112 Å². The second-order valence-corrected chi connectivity index (χ2v) is 18.0. The van der Waals surface area contributed by atoms with Crippen molar-refractivity contribution in [1.29, 1.82) is 0 Å². The van der Waals surface area contributed by atoms with Crippen LogP contribution in [-0.4, -0.2) is 49.1 Å². The predicted octanol–water partition coefficient (Wildman–Crippen LogP) is 12.0. The Kier molecular flexibility index (Phi) is 14.3. The molecule has 334 valence electrons. The van der Waals surface area contributed by atoms with Gasteiger partial charge in [0.1, 0.15) is 22.9 Å². The molecule has 0 atom stereocenters. The molecule has 0 radical (unpaired) electrons. The Morgan fingerprint density at radius 1 is 0.574 bits per heavy atom. The number of anilines is 1.